The first-order valence-electron chi connectivity index (χ1n) is 5.69. The summed E-state index contributed by atoms with van der Waals surface area (Å²) >= 11 is 0. The van der Waals surface area contributed by atoms with Crippen molar-refractivity contribution < 1.29 is 14.1 Å². The van der Waals surface area contributed by atoms with Crippen LogP contribution in [0.3, 0.4) is 0 Å². The molecule has 0 aliphatic carbocycles. The van der Waals surface area contributed by atoms with Crippen LogP contribution in [-0.4, -0.2) is 55.4 Å². The molecule has 6 nitrogen and oxygen atoms in total. The predicted molar refractivity (Wildman–Crippen MR) is 60.8 cm³/mol. The van der Waals surface area contributed by atoms with E-state index in [-0.39, 0.29) is 12.0 Å². The molecule has 0 spiro atoms. The van der Waals surface area contributed by atoms with E-state index in [1.165, 1.54) is 0 Å². The molecule has 2 heterocycles. The SMILES string of the molecule is CNCC1CN(C(=O)c2oncc2C)CCO1. The zero-order valence-corrected chi connectivity index (χ0v) is 10.1. The van der Waals surface area contributed by atoms with Crippen LogP contribution in [0.15, 0.2) is 10.7 Å². The summed E-state index contributed by atoms with van der Waals surface area (Å²) in [6.45, 7) is 4.29. The number of nitrogens with zero attached hydrogens (tertiary/aromatic N) is 2. The molecular weight excluding hydrogens is 222 g/mol. The van der Waals surface area contributed by atoms with Gasteiger partial charge in [0, 0.05) is 25.2 Å². The molecule has 94 valence electrons. The first kappa shape index (κ1) is 12.1. The van der Waals surface area contributed by atoms with Crippen LogP contribution >= 0.6 is 0 Å². The van der Waals surface area contributed by atoms with E-state index in [0.29, 0.717) is 25.5 Å². The number of morpholine rings is 1. The van der Waals surface area contributed by atoms with Crippen molar-refractivity contribution in [3.63, 3.8) is 0 Å². The molecule has 6 heteroatoms. The predicted octanol–water partition coefficient (Wildman–Crippen LogP) is 0.0434. The Bertz CT molecular complexity index is 389. The summed E-state index contributed by atoms with van der Waals surface area (Å²) in [5.74, 6) is 0.222. The second-order valence-electron chi connectivity index (χ2n) is 4.14. The Hall–Kier alpha value is -1.40. The van der Waals surface area contributed by atoms with Gasteiger partial charge in [-0.05, 0) is 14.0 Å². The molecule has 17 heavy (non-hydrogen) atoms. The number of amides is 1. The molecule has 0 aromatic carbocycles. The average molecular weight is 239 g/mol. The number of aryl methyl sites for hydroxylation is 1. The summed E-state index contributed by atoms with van der Waals surface area (Å²) in [6.07, 6.45) is 1.60. The molecule has 1 aromatic heterocycles. The van der Waals surface area contributed by atoms with Crippen LogP contribution in [-0.2, 0) is 4.74 Å². The Labute approximate surface area is 99.9 Å². The van der Waals surface area contributed by atoms with Gasteiger partial charge < -0.3 is 19.5 Å². The molecule has 0 saturated carbocycles. The van der Waals surface area contributed by atoms with E-state index in [4.69, 9.17) is 9.26 Å². The lowest BCUT2D eigenvalue weighted by Crippen LogP contribution is -2.48. The number of hydrogen-bond acceptors (Lipinski definition) is 5. The van der Waals surface area contributed by atoms with Gasteiger partial charge in [0.15, 0.2) is 0 Å². The minimum Gasteiger partial charge on any atom is -0.373 e. The van der Waals surface area contributed by atoms with Crippen LogP contribution in [0.4, 0.5) is 0 Å². The molecular formula is C11H17N3O3. The topological polar surface area (TPSA) is 67.6 Å². The third-order valence-corrected chi connectivity index (χ3v) is 2.80. The molecule has 1 aliphatic heterocycles. The maximum Gasteiger partial charge on any atom is 0.292 e. The van der Waals surface area contributed by atoms with Crippen LogP contribution < -0.4 is 5.32 Å². The normalized spacial score (nSPS) is 20.6. The van der Waals surface area contributed by atoms with E-state index in [2.05, 4.69) is 10.5 Å². The minimum absolute atomic E-state index is 0.0425. The van der Waals surface area contributed by atoms with Gasteiger partial charge in [-0.15, -0.1) is 0 Å². The summed E-state index contributed by atoms with van der Waals surface area (Å²) in [5, 5.41) is 6.67. The van der Waals surface area contributed by atoms with Crippen molar-refractivity contribution in [1.29, 1.82) is 0 Å². The summed E-state index contributed by atoms with van der Waals surface area (Å²) < 4.78 is 10.5. The number of aromatic nitrogens is 1. The van der Waals surface area contributed by atoms with Gasteiger partial charge in [-0.2, -0.15) is 0 Å². The van der Waals surface area contributed by atoms with Crippen molar-refractivity contribution >= 4 is 5.91 Å². The van der Waals surface area contributed by atoms with Gasteiger partial charge in [0.1, 0.15) is 0 Å². The van der Waals surface area contributed by atoms with Gasteiger partial charge in [-0.1, -0.05) is 5.16 Å². The smallest absolute Gasteiger partial charge is 0.292 e. The van der Waals surface area contributed by atoms with Gasteiger partial charge >= 0.3 is 0 Å². The third kappa shape index (κ3) is 2.65. The molecule has 1 aromatic rings. The molecule has 1 saturated heterocycles. The monoisotopic (exact) mass is 239 g/mol. The van der Waals surface area contributed by atoms with Gasteiger partial charge in [0.05, 0.1) is 18.9 Å². The van der Waals surface area contributed by atoms with Crippen LogP contribution in [0, 0.1) is 6.92 Å². The Morgan fingerprint density at radius 3 is 3.18 bits per heavy atom. The number of ether oxygens (including phenoxy) is 1. The fourth-order valence-electron chi connectivity index (χ4n) is 1.90. The molecule has 0 radical (unpaired) electrons. The number of carbonyl (C=O) groups excluding carboxylic acids is 1. The summed E-state index contributed by atoms with van der Waals surface area (Å²) in [7, 11) is 1.87. The Balaban J connectivity index is 2.02. The first-order chi connectivity index (χ1) is 8.22. The van der Waals surface area contributed by atoms with Crippen molar-refractivity contribution in [2.24, 2.45) is 0 Å². The van der Waals surface area contributed by atoms with Crippen LogP contribution in [0.2, 0.25) is 0 Å². The van der Waals surface area contributed by atoms with Crippen molar-refractivity contribution in [3.8, 4) is 0 Å². The quantitative estimate of drug-likeness (QED) is 0.807. The lowest BCUT2D eigenvalue weighted by molar-refractivity contribution is -0.0208. The molecule has 1 amide bonds. The fourth-order valence-corrected chi connectivity index (χ4v) is 1.90. The maximum atomic E-state index is 12.1. The molecule has 2 rings (SSSR count). The molecule has 1 fully saturated rings. The summed E-state index contributed by atoms with van der Waals surface area (Å²) in [6, 6.07) is 0. The Kier molecular flexibility index (Phi) is 3.75. The Morgan fingerprint density at radius 1 is 1.71 bits per heavy atom. The van der Waals surface area contributed by atoms with Gasteiger partial charge in [-0.3, -0.25) is 4.79 Å². The van der Waals surface area contributed by atoms with E-state index in [9.17, 15) is 4.79 Å². The van der Waals surface area contributed by atoms with E-state index >= 15 is 0 Å². The highest BCUT2D eigenvalue weighted by atomic mass is 16.5. The van der Waals surface area contributed by atoms with E-state index in [0.717, 1.165) is 12.1 Å². The van der Waals surface area contributed by atoms with Gasteiger partial charge in [-0.25, -0.2) is 0 Å². The second-order valence-corrected chi connectivity index (χ2v) is 4.14. The number of nitrogens with one attached hydrogen (secondary N) is 1. The number of hydrogen-bond donors (Lipinski definition) is 1. The van der Waals surface area contributed by atoms with Crippen LogP contribution in [0.1, 0.15) is 16.1 Å². The zero-order valence-electron chi connectivity index (χ0n) is 10.1. The van der Waals surface area contributed by atoms with Crippen molar-refractivity contribution in [2.75, 3.05) is 33.3 Å². The van der Waals surface area contributed by atoms with E-state index < -0.39 is 0 Å². The largest absolute Gasteiger partial charge is 0.373 e. The zero-order chi connectivity index (χ0) is 12.3. The Morgan fingerprint density at radius 2 is 2.53 bits per heavy atom. The maximum absolute atomic E-state index is 12.1. The van der Waals surface area contributed by atoms with Crippen molar-refractivity contribution in [1.82, 2.24) is 15.4 Å². The van der Waals surface area contributed by atoms with E-state index in [1.807, 2.05) is 14.0 Å². The number of rotatable bonds is 3. The molecule has 1 unspecified atom stereocenters. The lowest BCUT2D eigenvalue weighted by Gasteiger charge is -2.32. The molecule has 0 bridgehead atoms. The molecule has 1 aliphatic rings. The summed E-state index contributed by atoms with van der Waals surface area (Å²) in [4.78, 5) is 13.9. The van der Waals surface area contributed by atoms with Crippen molar-refractivity contribution in [3.05, 3.63) is 17.5 Å². The highest BCUT2D eigenvalue weighted by Gasteiger charge is 2.27. The minimum atomic E-state index is -0.107. The summed E-state index contributed by atoms with van der Waals surface area (Å²) in [5.41, 5.74) is 0.770. The first-order valence-corrected chi connectivity index (χ1v) is 5.69. The van der Waals surface area contributed by atoms with E-state index in [1.54, 1.807) is 11.1 Å². The average Bonchev–Trinajstić information content (AvgIpc) is 2.75. The molecule has 1 atom stereocenters. The standard InChI is InChI=1S/C11H17N3O3/c1-8-5-13-17-10(8)11(15)14-3-4-16-9(7-14)6-12-2/h5,9,12H,3-4,6-7H2,1-2H3. The van der Waals surface area contributed by atoms with Gasteiger partial charge in [0.25, 0.3) is 5.91 Å². The lowest BCUT2D eigenvalue weighted by atomic mass is 10.2. The number of likely N-dealkylation sites (N-methyl/N-ethyl adjacent to an activating group) is 1. The highest BCUT2D eigenvalue weighted by molar-refractivity contribution is 5.92. The fraction of sp³-hybridized carbons (Fsp3) is 0.636. The number of carbonyl (C=O) groups is 1. The third-order valence-electron chi connectivity index (χ3n) is 2.80. The van der Waals surface area contributed by atoms with Crippen LogP contribution in [0.5, 0.6) is 0 Å². The second kappa shape index (κ2) is 5.29. The highest BCUT2D eigenvalue weighted by Crippen LogP contribution is 2.13. The molecule has 1 N–H and O–H groups in total. The van der Waals surface area contributed by atoms with Crippen molar-refractivity contribution in [2.45, 2.75) is 13.0 Å². The van der Waals surface area contributed by atoms with Crippen LogP contribution in [0.25, 0.3) is 0 Å². The van der Waals surface area contributed by atoms with Gasteiger partial charge in [0.2, 0.25) is 5.76 Å².